The molecule has 1 aromatic carbocycles. The van der Waals surface area contributed by atoms with Gasteiger partial charge in [0.2, 0.25) is 0 Å². The minimum absolute atomic E-state index is 0.577. The van der Waals surface area contributed by atoms with Gasteiger partial charge in [0, 0.05) is 18.3 Å². The Balaban J connectivity index is 2.44. The number of benzene rings is 1. The molecule has 0 aromatic heterocycles. The van der Waals surface area contributed by atoms with Gasteiger partial charge in [-0.25, -0.2) is 0 Å². The molecule has 2 heteroatoms. The summed E-state index contributed by atoms with van der Waals surface area (Å²) >= 11 is 0. The van der Waals surface area contributed by atoms with Crippen molar-refractivity contribution >= 4 is 5.69 Å². The monoisotopic (exact) mass is 204 g/mol. The molecule has 1 aliphatic heterocycles. The highest BCUT2D eigenvalue weighted by Crippen LogP contribution is 2.35. The van der Waals surface area contributed by atoms with Gasteiger partial charge in [-0.3, -0.25) is 0 Å². The summed E-state index contributed by atoms with van der Waals surface area (Å²) in [5, 5.41) is 3.54. The van der Waals surface area contributed by atoms with Crippen LogP contribution in [0.5, 0.6) is 0 Å². The standard InChI is InChI=1S/C13H20N2/c1-4-10-6-5-7-11-12(15(2)3)8-9-14-13(10)11/h5-7,12,14H,4,8-9H2,1-3H3. The number of aryl methyl sites for hydroxylation is 1. The largest absolute Gasteiger partial charge is 0.384 e. The lowest BCUT2D eigenvalue weighted by Crippen LogP contribution is -2.27. The van der Waals surface area contributed by atoms with Crippen LogP contribution in [0.4, 0.5) is 5.69 Å². The number of nitrogens with zero attached hydrogens (tertiary/aromatic N) is 1. The Labute approximate surface area is 92.3 Å². The number of fused-ring (bicyclic) bond motifs is 1. The SMILES string of the molecule is CCc1cccc2c1NCCC2N(C)C. The van der Waals surface area contributed by atoms with Crippen LogP contribution >= 0.6 is 0 Å². The molecular weight excluding hydrogens is 184 g/mol. The molecule has 0 fully saturated rings. The van der Waals surface area contributed by atoms with Gasteiger partial charge in [-0.1, -0.05) is 25.1 Å². The van der Waals surface area contributed by atoms with E-state index < -0.39 is 0 Å². The third kappa shape index (κ3) is 1.86. The Hall–Kier alpha value is -1.02. The molecular formula is C13H20N2. The van der Waals surface area contributed by atoms with E-state index in [0.29, 0.717) is 6.04 Å². The molecule has 1 atom stereocenters. The maximum atomic E-state index is 3.54. The van der Waals surface area contributed by atoms with Crippen LogP contribution in [0, 0.1) is 0 Å². The summed E-state index contributed by atoms with van der Waals surface area (Å²) < 4.78 is 0. The van der Waals surface area contributed by atoms with E-state index in [1.54, 1.807) is 0 Å². The number of hydrogen-bond donors (Lipinski definition) is 1. The first-order chi connectivity index (χ1) is 7.24. The molecule has 0 amide bonds. The smallest absolute Gasteiger partial charge is 0.0421 e. The van der Waals surface area contributed by atoms with Gasteiger partial charge >= 0.3 is 0 Å². The third-order valence-corrected chi connectivity index (χ3v) is 3.27. The van der Waals surface area contributed by atoms with Gasteiger partial charge in [0.05, 0.1) is 0 Å². The summed E-state index contributed by atoms with van der Waals surface area (Å²) in [6.07, 6.45) is 2.31. The van der Waals surface area contributed by atoms with Crippen LogP contribution in [0.1, 0.15) is 30.5 Å². The maximum absolute atomic E-state index is 3.54. The summed E-state index contributed by atoms with van der Waals surface area (Å²) in [5.74, 6) is 0. The second kappa shape index (κ2) is 4.23. The molecule has 1 aromatic rings. The van der Waals surface area contributed by atoms with E-state index in [4.69, 9.17) is 0 Å². The Morgan fingerprint density at radius 3 is 2.87 bits per heavy atom. The molecule has 0 saturated carbocycles. The molecule has 2 rings (SSSR count). The maximum Gasteiger partial charge on any atom is 0.0421 e. The van der Waals surface area contributed by atoms with Crippen molar-refractivity contribution in [1.82, 2.24) is 4.90 Å². The van der Waals surface area contributed by atoms with Gasteiger partial charge in [0.1, 0.15) is 0 Å². The minimum atomic E-state index is 0.577. The van der Waals surface area contributed by atoms with E-state index in [9.17, 15) is 0 Å². The lowest BCUT2D eigenvalue weighted by molar-refractivity contribution is 0.284. The Bertz CT molecular complexity index is 344. The number of hydrogen-bond acceptors (Lipinski definition) is 2. The molecule has 0 spiro atoms. The quantitative estimate of drug-likeness (QED) is 0.796. The second-order valence-electron chi connectivity index (χ2n) is 4.43. The van der Waals surface area contributed by atoms with Crippen LogP contribution in [-0.4, -0.2) is 25.5 Å². The van der Waals surface area contributed by atoms with Gasteiger partial charge in [-0.05, 0) is 38.1 Å². The molecule has 1 heterocycles. The summed E-state index contributed by atoms with van der Waals surface area (Å²) in [6, 6.07) is 7.24. The number of anilines is 1. The van der Waals surface area contributed by atoms with Gasteiger partial charge < -0.3 is 10.2 Å². The van der Waals surface area contributed by atoms with E-state index in [-0.39, 0.29) is 0 Å². The van der Waals surface area contributed by atoms with Crippen molar-refractivity contribution in [3.63, 3.8) is 0 Å². The van der Waals surface area contributed by atoms with Crippen molar-refractivity contribution in [2.24, 2.45) is 0 Å². The molecule has 0 saturated heterocycles. The summed E-state index contributed by atoms with van der Waals surface area (Å²) in [7, 11) is 4.33. The Morgan fingerprint density at radius 2 is 2.20 bits per heavy atom. The number of para-hydroxylation sites is 1. The van der Waals surface area contributed by atoms with Crippen molar-refractivity contribution in [2.45, 2.75) is 25.8 Å². The predicted molar refractivity (Wildman–Crippen MR) is 65.4 cm³/mol. The van der Waals surface area contributed by atoms with Gasteiger partial charge in [0.15, 0.2) is 0 Å². The second-order valence-corrected chi connectivity index (χ2v) is 4.43. The molecule has 0 radical (unpaired) electrons. The van der Waals surface area contributed by atoms with Gasteiger partial charge in [0.25, 0.3) is 0 Å². The van der Waals surface area contributed by atoms with Crippen molar-refractivity contribution in [2.75, 3.05) is 26.0 Å². The lowest BCUT2D eigenvalue weighted by atomic mass is 9.93. The van der Waals surface area contributed by atoms with Crippen LogP contribution in [0.15, 0.2) is 18.2 Å². The molecule has 1 unspecified atom stereocenters. The first kappa shape index (κ1) is 10.5. The normalized spacial score (nSPS) is 19.9. The summed E-state index contributed by atoms with van der Waals surface area (Å²) in [4.78, 5) is 2.32. The van der Waals surface area contributed by atoms with Crippen LogP contribution in [0.2, 0.25) is 0 Å². The van der Waals surface area contributed by atoms with Crippen molar-refractivity contribution < 1.29 is 0 Å². The lowest BCUT2D eigenvalue weighted by Gasteiger charge is -2.32. The van der Waals surface area contributed by atoms with Crippen molar-refractivity contribution in [3.05, 3.63) is 29.3 Å². The van der Waals surface area contributed by atoms with E-state index in [1.807, 2.05) is 0 Å². The first-order valence-electron chi connectivity index (χ1n) is 5.76. The molecule has 2 nitrogen and oxygen atoms in total. The van der Waals surface area contributed by atoms with Crippen LogP contribution < -0.4 is 5.32 Å². The molecule has 82 valence electrons. The highest BCUT2D eigenvalue weighted by atomic mass is 15.1. The molecule has 0 aliphatic carbocycles. The molecule has 15 heavy (non-hydrogen) atoms. The fraction of sp³-hybridized carbons (Fsp3) is 0.538. The minimum Gasteiger partial charge on any atom is -0.384 e. The van der Waals surface area contributed by atoms with Crippen LogP contribution in [-0.2, 0) is 6.42 Å². The summed E-state index contributed by atoms with van der Waals surface area (Å²) in [5.41, 5.74) is 4.29. The van der Waals surface area contributed by atoms with Crippen molar-refractivity contribution in [1.29, 1.82) is 0 Å². The number of rotatable bonds is 2. The first-order valence-corrected chi connectivity index (χ1v) is 5.76. The number of nitrogens with one attached hydrogen (secondary N) is 1. The average molecular weight is 204 g/mol. The predicted octanol–water partition coefficient (Wildman–Crippen LogP) is 2.67. The van der Waals surface area contributed by atoms with E-state index in [1.165, 1.54) is 23.2 Å². The topological polar surface area (TPSA) is 15.3 Å². The molecule has 1 aliphatic rings. The van der Waals surface area contributed by atoms with Gasteiger partial charge in [-0.2, -0.15) is 0 Å². The van der Waals surface area contributed by atoms with E-state index in [2.05, 4.69) is 49.4 Å². The fourth-order valence-electron chi connectivity index (χ4n) is 2.43. The molecule has 0 bridgehead atoms. The zero-order chi connectivity index (χ0) is 10.8. The van der Waals surface area contributed by atoms with E-state index in [0.717, 1.165) is 13.0 Å². The summed E-state index contributed by atoms with van der Waals surface area (Å²) in [6.45, 7) is 3.31. The highest BCUT2D eigenvalue weighted by Gasteiger charge is 2.22. The molecule has 1 N–H and O–H groups in total. The highest BCUT2D eigenvalue weighted by molar-refractivity contribution is 5.60. The average Bonchev–Trinajstić information content (AvgIpc) is 2.27. The Kier molecular flexibility index (Phi) is 2.96. The van der Waals surface area contributed by atoms with Crippen LogP contribution in [0.3, 0.4) is 0 Å². The Morgan fingerprint density at radius 1 is 1.40 bits per heavy atom. The van der Waals surface area contributed by atoms with E-state index >= 15 is 0 Å². The zero-order valence-electron chi connectivity index (χ0n) is 9.88. The zero-order valence-corrected chi connectivity index (χ0v) is 9.88. The fourth-order valence-corrected chi connectivity index (χ4v) is 2.43. The third-order valence-electron chi connectivity index (χ3n) is 3.27. The van der Waals surface area contributed by atoms with Gasteiger partial charge in [-0.15, -0.1) is 0 Å². The van der Waals surface area contributed by atoms with Crippen molar-refractivity contribution in [3.8, 4) is 0 Å². The van der Waals surface area contributed by atoms with Crippen LogP contribution in [0.25, 0.3) is 0 Å².